The van der Waals surface area contributed by atoms with Gasteiger partial charge in [0.05, 0.1) is 25.3 Å². The van der Waals surface area contributed by atoms with E-state index in [1.807, 2.05) is 0 Å². The first-order valence-corrected chi connectivity index (χ1v) is 6.96. The molecule has 0 saturated heterocycles. The van der Waals surface area contributed by atoms with Gasteiger partial charge in [-0.25, -0.2) is 0 Å². The summed E-state index contributed by atoms with van der Waals surface area (Å²) in [5.74, 6) is -0.0553. The van der Waals surface area contributed by atoms with E-state index in [1.165, 1.54) is 0 Å². The van der Waals surface area contributed by atoms with Crippen LogP contribution in [0.15, 0.2) is 0 Å². The van der Waals surface area contributed by atoms with Gasteiger partial charge in [0.1, 0.15) is 0 Å². The third-order valence-corrected chi connectivity index (χ3v) is 3.27. The van der Waals surface area contributed by atoms with Gasteiger partial charge >= 0.3 is 0 Å². The van der Waals surface area contributed by atoms with Gasteiger partial charge in [-0.1, -0.05) is 39.5 Å². The third-order valence-electron chi connectivity index (χ3n) is 3.27. The van der Waals surface area contributed by atoms with Crippen molar-refractivity contribution in [3.05, 3.63) is 0 Å². The molecule has 0 bridgehead atoms. The summed E-state index contributed by atoms with van der Waals surface area (Å²) in [6.07, 6.45) is 5.66. The summed E-state index contributed by atoms with van der Waals surface area (Å²) in [6.45, 7) is 4.13. The molecule has 0 aliphatic rings. The Kier molecular flexibility index (Phi) is 9.69. The summed E-state index contributed by atoms with van der Waals surface area (Å²) in [5.41, 5.74) is 5.62. The Morgan fingerprint density at radius 3 is 1.67 bits per heavy atom. The molecule has 0 radical (unpaired) electrons. The Hall–Kier alpha value is -0.810. The zero-order valence-corrected chi connectivity index (χ0v) is 11.7. The molecule has 2 atom stereocenters. The van der Waals surface area contributed by atoms with Crippen molar-refractivity contribution >= 4 is 5.96 Å². The van der Waals surface area contributed by atoms with Crippen LogP contribution in [0.1, 0.15) is 52.4 Å². The Bertz CT molecular complexity index is 208. The molecule has 18 heavy (non-hydrogen) atoms. The first-order chi connectivity index (χ1) is 8.62. The number of aliphatic hydroxyl groups excluding tert-OH is 2. The van der Waals surface area contributed by atoms with Crippen molar-refractivity contribution in [1.82, 2.24) is 4.90 Å². The summed E-state index contributed by atoms with van der Waals surface area (Å²) >= 11 is 0. The number of rotatable bonds is 10. The van der Waals surface area contributed by atoms with Crippen molar-refractivity contribution in [2.75, 3.05) is 13.2 Å². The van der Waals surface area contributed by atoms with E-state index >= 15 is 0 Å². The monoisotopic (exact) mass is 259 g/mol. The molecular weight excluding hydrogens is 230 g/mol. The molecule has 0 aromatic carbocycles. The molecule has 108 valence electrons. The number of hydrogen-bond acceptors (Lipinski definition) is 3. The summed E-state index contributed by atoms with van der Waals surface area (Å²) in [7, 11) is 0. The number of nitrogens with two attached hydrogens (primary N) is 1. The van der Waals surface area contributed by atoms with Gasteiger partial charge in [-0.05, 0) is 12.8 Å². The van der Waals surface area contributed by atoms with Crippen molar-refractivity contribution in [3.63, 3.8) is 0 Å². The van der Waals surface area contributed by atoms with Crippen molar-refractivity contribution in [2.24, 2.45) is 5.73 Å². The van der Waals surface area contributed by atoms with Crippen LogP contribution in [-0.2, 0) is 0 Å². The van der Waals surface area contributed by atoms with Crippen LogP contribution in [0.2, 0.25) is 0 Å². The standard InChI is InChI=1S/C13H29N3O2/c1-3-5-7-11(9-17)16(13(14)15)12(10-18)8-6-4-2/h11-12,17-18H,3-10H2,1-2H3,(H3,14,15). The SMILES string of the molecule is CCCCC(CO)N(C(=N)N)C(CO)CCCC. The van der Waals surface area contributed by atoms with Crippen LogP contribution >= 0.6 is 0 Å². The van der Waals surface area contributed by atoms with Crippen LogP contribution in [0.25, 0.3) is 0 Å². The molecule has 5 heteroatoms. The molecule has 0 spiro atoms. The predicted octanol–water partition coefficient (Wildman–Crippen LogP) is 1.28. The normalized spacial score (nSPS) is 14.2. The maximum Gasteiger partial charge on any atom is 0.189 e. The highest BCUT2D eigenvalue weighted by Gasteiger charge is 2.26. The van der Waals surface area contributed by atoms with E-state index in [1.54, 1.807) is 4.90 Å². The number of nitrogens with zero attached hydrogens (tertiary/aromatic N) is 1. The minimum absolute atomic E-state index is 0.0256. The Labute approximate surface area is 110 Å². The van der Waals surface area contributed by atoms with Gasteiger partial charge in [0.15, 0.2) is 5.96 Å². The highest BCUT2D eigenvalue weighted by molar-refractivity contribution is 5.75. The van der Waals surface area contributed by atoms with Crippen molar-refractivity contribution in [1.29, 1.82) is 5.41 Å². The summed E-state index contributed by atoms with van der Waals surface area (Å²) in [4.78, 5) is 1.69. The van der Waals surface area contributed by atoms with Crippen LogP contribution < -0.4 is 5.73 Å². The van der Waals surface area contributed by atoms with Crippen LogP contribution in [0, 0.1) is 5.41 Å². The molecular formula is C13H29N3O2. The Morgan fingerprint density at radius 1 is 1.06 bits per heavy atom. The maximum atomic E-state index is 9.47. The van der Waals surface area contributed by atoms with Crippen molar-refractivity contribution in [2.45, 2.75) is 64.5 Å². The zero-order valence-electron chi connectivity index (χ0n) is 11.7. The minimum Gasteiger partial charge on any atom is -0.394 e. The minimum atomic E-state index is -0.156. The van der Waals surface area contributed by atoms with Gasteiger partial charge in [0.25, 0.3) is 0 Å². The lowest BCUT2D eigenvalue weighted by atomic mass is 10.0. The zero-order chi connectivity index (χ0) is 14.0. The molecule has 0 aliphatic heterocycles. The fourth-order valence-electron chi connectivity index (χ4n) is 2.21. The fraction of sp³-hybridized carbons (Fsp3) is 0.923. The number of nitrogens with one attached hydrogen (secondary N) is 1. The quantitative estimate of drug-likeness (QED) is 0.351. The van der Waals surface area contributed by atoms with Gasteiger partial charge in [-0.2, -0.15) is 0 Å². The van der Waals surface area contributed by atoms with Crippen LogP contribution in [0.3, 0.4) is 0 Å². The number of hydrogen-bond donors (Lipinski definition) is 4. The summed E-state index contributed by atoms with van der Waals surface area (Å²) < 4.78 is 0. The fourth-order valence-corrected chi connectivity index (χ4v) is 2.21. The molecule has 0 aromatic heterocycles. The lowest BCUT2D eigenvalue weighted by molar-refractivity contribution is 0.0952. The molecule has 2 unspecified atom stereocenters. The first kappa shape index (κ1) is 17.2. The van der Waals surface area contributed by atoms with Gasteiger partial charge in [-0.15, -0.1) is 0 Å². The van der Waals surface area contributed by atoms with E-state index in [0.717, 1.165) is 38.5 Å². The average Bonchev–Trinajstić information content (AvgIpc) is 2.37. The number of aliphatic hydroxyl groups is 2. The number of unbranched alkanes of at least 4 members (excludes halogenated alkanes) is 2. The van der Waals surface area contributed by atoms with Crippen molar-refractivity contribution < 1.29 is 10.2 Å². The van der Waals surface area contributed by atoms with Gasteiger partial charge < -0.3 is 20.8 Å². The third kappa shape index (κ3) is 5.69. The van der Waals surface area contributed by atoms with Crippen LogP contribution in [0.4, 0.5) is 0 Å². The number of guanidine groups is 1. The van der Waals surface area contributed by atoms with Gasteiger partial charge in [-0.3, -0.25) is 5.41 Å². The molecule has 0 rings (SSSR count). The van der Waals surface area contributed by atoms with Crippen LogP contribution in [-0.4, -0.2) is 46.4 Å². The van der Waals surface area contributed by atoms with Gasteiger partial charge in [0.2, 0.25) is 0 Å². The molecule has 0 amide bonds. The second kappa shape index (κ2) is 10.1. The first-order valence-electron chi connectivity index (χ1n) is 6.96. The molecule has 0 aromatic rings. The van der Waals surface area contributed by atoms with Crippen molar-refractivity contribution in [3.8, 4) is 0 Å². The molecule has 0 fully saturated rings. The van der Waals surface area contributed by atoms with E-state index in [9.17, 15) is 10.2 Å². The Balaban J connectivity index is 4.70. The second-order valence-electron chi connectivity index (χ2n) is 4.75. The molecule has 5 nitrogen and oxygen atoms in total. The average molecular weight is 259 g/mol. The molecule has 0 aliphatic carbocycles. The lowest BCUT2D eigenvalue weighted by Gasteiger charge is -2.37. The highest BCUT2D eigenvalue weighted by atomic mass is 16.3. The second-order valence-corrected chi connectivity index (χ2v) is 4.75. The maximum absolute atomic E-state index is 9.47. The lowest BCUT2D eigenvalue weighted by Crippen LogP contribution is -2.53. The van der Waals surface area contributed by atoms with E-state index in [4.69, 9.17) is 11.1 Å². The molecule has 0 saturated carbocycles. The summed E-state index contributed by atoms with van der Waals surface area (Å²) in [6, 6.07) is -0.312. The Morgan fingerprint density at radius 2 is 1.44 bits per heavy atom. The van der Waals surface area contributed by atoms with Gasteiger partial charge in [0, 0.05) is 0 Å². The smallest absolute Gasteiger partial charge is 0.189 e. The van der Waals surface area contributed by atoms with E-state index in [0.29, 0.717) is 0 Å². The van der Waals surface area contributed by atoms with E-state index < -0.39 is 0 Å². The van der Waals surface area contributed by atoms with E-state index in [-0.39, 0.29) is 31.3 Å². The molecule has 0 heterocycles. The highest BCUT2D eigenvalue weighted by Crippen LogP contribution is 2.16. The largest absolute Gasteiger partial charge is 0.394 e. The predicted molar refractivity (Wildman–Crippen MR) is 74.6 cm³/mol. The molecule has 5 N–H and O–H groups in total. The topological polar surface area (TPSA) is 93.6 Å². The van der Waals surface area contributed by atoms with E-state index in [2.05, 4.69) is 13.8 Å². The van der Waals surface area contributed by atoms with Crippen LogP contribution in [0.5, 0.6) is 0 Å². The summed E-state index contributed by atoms with van der Waals surface area (Å²) in [5, 5.41) is 26.6.